The maximum Gasteiger partial charge on any atom is 0.164 e. The largest absolute Gasteiger partial charge is 0.328 e. The number of nitrogens with zero attached hydrogens (tertiary/aromatic N) is 6. The third-order valence-corrected chi connectivity index (χ3v) is 7.80. The number of aromatic nitrogens is 8. The fraction of sp³-hybridized carbons (Fsp3) is 0.0625. The molecule has 2 N–H and O–H groups in total. The molecule has 2 aromatic heterocycles. The van der Waals surface area contributed by atoms with E-state index in [0.29, 0.717) is 34.6 Å². The van der Waals surface area contributed by atoms with Crippen molar-refractivity contribution < 1.29 is 0 Å². The van der Waals surface area contributed by atoms with E-state index in [-0.39, 0.29) is 5.92 Å². The topological polar surface area (TPSA) is 109 Å². The number of allylic oxidation sites excluding steroid dienone is 4. The number of rotatable bonds is 0. The number of H-pyrrole nitrogens is 2. The van der Waals surface area contributed by atoms with Crippen LogP contribution in [0.4, 0.5) is 0 Å². The van der Waals surface area contributed by atoms with Crippen LogP contribution in [0.15, 0.2) is 91.0 Å². The standard InChI is InChI=1S/C32H20N8/c1-2-10-18-17(9-1)25-33-26(18)38-28-21-13-5-6-14-22(21)30(35-28)40-32-24-16-8-7-15-23(24)31(36-32)39-29-20-12-4-3-11-19(20)27(34-29)37-25/h1-15,24H,16H2,(H2,33,34,35,36,37,38,39,40). The van der Waals surface area contributed by atoms with Crippen molar-refractivity contribution >= 4 is 27.6 Å². The molecule has 0 saturated carbocycles. The Morgan fingerprint density at radius 1 is 0.550 bits per heavy atom. The van der Waals surface area contributed by atoms with Gasteiger partial charge in [-0.15, -0.1) is 0 Å². The molecule has 0 radical (unpaired) electrons. The smallest absolute Gasteiger partial charge is 0.164 e. The lowest BCUT2D eigenvalue weighted by Gasteiger charge is -2.12. The van der Waals surface area contributed by atoms with Gasteiger partial charge in [0.2, 0.25) is 0 Å². The summed E-state index contributed by atoms with van der Waals surface area (Å²) >= 11 is 0. The van der Waals surface area contributed by atoms with Crippen LogP contribution in [-0.4, -0.2) is 39.9 Å². The lowest BCUT2D eigenvalue weighted by atomic mass is 9.92. The van der Waals surface area contributed by atoms with Gasteiger partial charge >= 0.3 is 0 Å². The molecule has 9 rings (SSSR count). The fourth-order valence-corrected chi connectivity index (χ4v) is 5.89. The Balaban J connectivity index is 1.46. The molecule has 40 heavy (non-hydrogen) atoms. The predicted octanol–water partition coefficient (Wildman–Crippen LogP) is 6.57. The summed E-state index contributed by atoms with van der Waals surface area (Å²) < 4.78 is 0. The molecule has 188 valence electrons. The summed E-state index contributed by atoms with van der Waals surface area (Å²) in [6.07, 6.45) is 7.18. The van der Waals surface area contributed by atoms with Crippen LogP contribution in [-0.2, 0) is 0 Å². The monoisotopic (exact) mass is 516 g/mol. The molecule has 1 atom stereocenters. The van der Waals surface area contributed by atoms with Crippen molar-refractivity contribution in [2.75, 3.05) is 0 Å². The molecule has 0 fully saturated rings. The Labute approximate surface area is 228 Å². The minimum Gasteiger partial charge on any atom is -0.328 e. The highest BCUT2D eigenvalue weighted by Crippen LogP contribution is 2.41. The maximum absolute atomic E-state index is 5.08. The van der Waals surface area contributed by atoms with E-state index in [1.807, 2.05) is 72.8 Å². The van der Waals surface area contributed by atoms with Crippen LogP contribution < -0.4 is 0 Å². The van der Waals surface area contributed by atoms with Crippen molar-refractivity contribution in [2.24, 2.45) is 0 Å². The maximum atomic E-state index is 5.08. The molecule has 1 unspecified atom stereocenters. The Kier molecular flexibility index (Phi) is 4.29. The third-order valence-electron chi connectivity index (χ3n) is 7.80. The molecule has 5 aromatic rings. The van der Waals surface area contributed by atoms with Gasteiger partial charge in [0.15, 0.2) is 23.3 Å². The van der Waals surface area contributed by atoms with Gasteiger partial charge in [0, 0.05) is 44.5 Å². The minimum atomic E-state index is 0.0650. The van der Waals surface area contributed by atoms with Crippen molar-refractivity contribution in [1.29, 1.82) is 0 Å². The zero-order valence-corrected chi connectivity index (χ0v) is 21.1. The summed E-state index contributed by atoms with van der Waals surface area (Å²) in [5.74, 6) is 4.13. The van der Waals surface area contributed by atoms with Gasteiger partial charge in [0.05, 0.1) is 0 Å². The first-order valence-corrected chi connectivity index (χ1v) is 13.3. The molecular weight excluding hydrogens is 496 g/mol. The van der Waals surface area contributed by atoms with Gasteiger partial charge in [0.25, 0.3) is 0 Å². The molecule has 0 saturated heterocycles. The second-order valence-electron chi connectivity index (χ2n) is 10.1. The Morgan fingerprint density at radius 2 is 1.07 bits per heavy atom. The van der Waals surface area contributed by atoms with Crippen LogP contribution in [0.5, 0.6) is 0 Å². The first-order chi connectivity index (χ1) is 19.8. The summed E-state index contributed by atoms with van der Waals surface area (Å²) in [6.45, 7) is 0. The molecule has 0 spiro atoms. The van der Waals surface area contributed by atoms with Gasteiger partial charge in [-0.2, -0.15) is 0 Å². The summed E-state index contributed by atoms with van der Waals surface area (Å²) in [7, 11) is 0. The van der Waals surface area contributed by atoms with E-state index in [9.17, 15) is 0 Å². The number of fused-ring (bicyclic) bond motifs is 20. The molecule has 1 aliphatic carbocycles. The lowest BCUT2D eigenvalue weighted by molar-refractivity contribution is 0.831. The van der Waals surface area contributed by atoms with Crippen LogP contribution in [0.3, 0.4) is 0 Å². The number of nitrogens with one attached hydrogen (secondary N) is 2. The highest BCUT2D eigenvalue weighted by Gasteiger charge is 2.30. The fourth-order valence-electron chi connectivity index (χ4n) is 5.89. The van der Waals surface area contributed by atoms with Gasteiger partial charge < -0.3 is 9.97 Å². The zero-order valence-electron chi connectivity index (χ0n) is 21.1. The van der Waals surface area contributed by atoms with Gasteiger partial charge in [-0.1, -0.05) is 91.0 Å². The molecule has 8 nitrogen and oxygen atoms in total. The van der Waals surface area contributed by atoms with Crippen molar-refractivity contribution in [3.63, 3.8) is 0 Å². The SMILES string of the molecule is C1=CCC2C(=C1)c1nc3nc(nc4[nH]c(nc5nc(nc2[nH]1)-c1ccccc1-5)c1ccccc41)-c1ccccc1-3. The van der Waals surface area contributed by atoms with E-state index >= 15 is 0 Å². The Morgan fingerprint density at radius 3 is 1.68 bits per heavy atom. The van der Waals surface area contributed by atoms with Crippen molar-refractivity contribution in [3.05, 3.63) is 103 Å². The van der Waals surface area contributed by atoms with E-state index in [4.69, 9.17) is 29.9 Å². The zero-order chi connectivity index (χ0) is 26.2. The van der Waals surface area contributed by atoms with Crippen molar-refractivity contribution in [1.82, 2.24) is 39.9 Å². The van der Waals surface area contributed by atoms with E-state index in [1.54, 1.807) is 0 Å². The summed E-state index contributed by atoms with van der Waals surface area (Å²) in [6, 6.07) is 24.3. The van der Waals surface area contributed by atoms with Crippen LogP contribution in [0.2, 0.25) is 0 Å². The highest BCUT2D eigenvalue weighted by molar-refractivity contribution is 6.04. The first-order valence-electron chi connectivity index (χ1n) is 13.3. The van der Waals surface area contributed by atoms with Crippen LogP contribution in [0.1, 0.15) is 24.0 Å². The van der Waals surface area contributed by atoms with Crippen LogP contribution >= 0.6 is 0 Å². The molecule has 5 heterocycles. The van der Waals surface area contributed by atoms with E-state index in [0.717, 1.165) is 56.7 Å². The Bertz CT molecular complexity index is 2170. The van der Waals surface area contributed by atoms with Crippen LogP contribution in [0.25, 0.3) is 73.2 Å². The summed E-state index contributed by atoms with van der Waals surface area (Å²) in [5.41, 5.74) is 6.27. The normalized spacial score (nSPS) is 15.7. The second-order valence-corrected chi connectivity index (χ2v) is 10.1. The molecular formula is C32H20N8. The minimum absolute atomic E-state index is 0.0650. The number of benzene rings is 3. The number of hydrogen-bond donors (Lipinski definition) is 2. The third kappa shape index (κ3) is 3.07. The Hall–Kier alpha value is -5.50. The number of hydrogen-bond acceptors (Lipinski definition) is 6. The number of aromatic amines is 2. The molecule has 3 aliphatic heterocycles. The highest BCUT2D eigenvalue weighted by atomic mass is 15.1. The van der Waals surface area contributed by atoms with E-state index in [1.165, 1.54) is 0 Å². The van der Waals surface area contributed by atoms with E-state index in [2.05, 4.69) is 28.2 Å². The van der Waals surface area contributed by atoms with Gasteiger partial charge in [-0.3, -0.25) is 0 Å². The van der Waals surface area contributed by atoms with Crippen LogP contribution in [0, 0.1) is 0 Å². The van der Waals surface area contributed by atoms with E-state index < -0.39 is 0 Å². The summed E-state index contributed by atoms with van der Waals surface area (Å²) in [5, 5.41) is 1.93. The second kappa shape index (κ2) is 8.00. The average molecular weight is 517 g/mol. The van der Waals surface area contributed by atoms with Gasteiger partial charge in [0.1, 0.15) is 22.9 Å². The predicted molar refractivity (Wildman–Crippen MR) is 154 cm³/mol. The van der Waals surface area contributed by atoms with Crippen molar-refractivity contribution in [3.8, 4) is 45.6 Å². The molecule has 8 heteroatoms. The van der Waals surface area contributed by atoms with Crippen molar-refractivity contribution in [2.45, 2.75) is 12.3 Å². The quantitative estimate of drug-likeness (QED) is 0.236. The molecule has 4 aliphatic rings. The van der Waals surface area contributed by atoms with Gasteiger partial charge in [-0.05, 0) is 6.42 Å². The van der Waals surface area contributed by atoms with Gasteiger partial charge in [-0.25, -0.2) is 29.9 Å². The molecule has 8 bridgehead atoms. The lowest BCUT2D eigenvalue weighted by Crippen LogP contribution is -2.00. The average Bonchev–Trinajstić information content (AvgIpc) is 3.73. The summed E-state index contributed by atoms with van der Waals surface area (Å²) in [4.78, 5) is 37.0. The molecule has 0 amide bonds. The molecule has 3 aromatic carbocycles. The first kappa shape index (κ1) is 21.4.